The van der Waals surface area contributed by atoms with E-state index in [0.29, 0.717) is 11.3 Å². The van der Waals surface area contributed by atoms with Crippen molar-refractivity contribution in [1.29, 1.82) is 0 Å². The Labute approximate surface area is 82.4 Å². The van der Waals surface area contributed by atoms with E-state index in [9.17, 15) is 4.79 Å². The zero-order valence-electron chi connectivity index (χ0n) is 8.02. The molecule has 1 aromatic carbocycles. The number of hydrogen-bond acceptors (Lipinski definition) is 4. The summed E-state index contributed by atoms with van der Waals surface area (Å²) in [4.78, 5) is 10.0. The van der Waals surface area contributed by atoms with Gasteiger partial charge in [-0.2, -0.15) is 0 Å². The Morgan fingerprint density at radius 2 is 2.14 bits per heavy atom. The fourth-order valence-electron chi connectivity index (χ4n) is 1.08. The molecular weight excluding hydrogens is 184 g/mol. The average molecular weight is 195 g/mol. The number of carbonyl (C=O) groups excluding carboxylic acids is 1. The molecule has 14 heavy (non-hydrogen) atoms. The van der Waals surface area contributed by atoms with E-state index < -0.39 is 6.29 Å². The highest BCUT2D eigenvalue weighted by Gasteiger charge is 2.11. The van der Waals surface area contributed by atoms with Crippen LogP contribution >= 0.6 is 0 Å². The molecule has 0 amide bonds. The quantitative estimate of drug-likeness (QED) is 0.666. The molecule has 0 saturated carbocycles. The zero-order chi connectivity index (χ0) is 10.4. The molecule has 4 heteroatoms. The van der Waals surface area contributed by atoms with Crippen molar-refractivity contribution in [3.8, 4) is 5.75 Å². The smallest absolute Gasteiger partial charge is 0.420 e. The first-order chi connectivity index (χ1) is 6.81. The van der Waals surface area contributed by atoms with Crippen LogP contribution in [-0.4, -0.2) is 20.7 Å². The minimum Gasteiger partial charge on any atom is -0.497 e. The van der Waals surface area contributed by atoms with Crippen LogP contribution in [0.15, 0.2) is 24.3 Å². The summed E-state index contributed by atoms with van der Waals surface area (Å²) in [6.45, 7) is 1.34. The molecule has 0 fully saturated rings. The van der Waals surface area contributed by atoms with Gasteiger partial charge in [-0.05, 0) is 12.1 Å². The molecule has 0 heterocycles. The highest BCUT2D eigenvalue weighted by atomic mass is 16.7. The maximum absolute atomic E-state index is 10.0. The van der Waals surface area contributed by atoms with E-state index in [1.165, 1.54) is 13.6 Å². The van der Waals surface area contributed by atoms with Gasteiger partial charge in [-0.15, -0.1) is 0 Å². The Morgan fingerprint density at radius 3 is 2.71 bits per heavy atom. The van der Waals surface area contributed by atoms with E-state index in [1.807, 2.05) is 0 Å². The molecule has 1 unspecified atom stereocenters. The standard InChI is InChI=1S/C10H11O4/c1-12-9-5-3-4-8(6-9)10(13-2)14-7-11/h3-6,10H,1-2H3. The Morgan fingerprint density at radius 1 is 1.36 bits per heavy atom. The van der Waals surface area contributed by atoms with Gasteiger partial charge in [0.25, 0.3) is 0 Å². The fraction of sp³-hybridized carbons (Fsp3) is 0.300. The number of methoxy groups -OCH3 is 2. The largest absolute Gasteiger partial charge is 0.497 e. The Hall–Kier alpha value is -1.55. The third-order valence-electron chi connectivity index (χ3n) is 1.74. The molecule has 1 radical (unpaired) electrons. The van der Waals surface area contributed by atoms with Crippen LogP contribution in [0.5, 0.6) is 5.75 Å². The lowest BCUT2D eigenvalue weighted by Gasteiger charge is -2.13. The van der Waals surface area contributed by atoms with Crippen molar-refractivity contribution >= 4 is 6.47 Å². The van der Waals surface area contributed by atoms with Gasteiger partial charge in [-0.1, -0.05) is 12.1 Å². The predicted molar refractivity (Wildman–Crippen MR) is 49.5 cm³/mol. The lowest BCUT2D eigenvalue weighted by molar-refractivity contribution is -0.0667. The van der Waals surface area contributed by atoms with Gasteiger partial charge in [0.1, 0.15) is 5.75 Å². The second-order valence-corrected chi connectivity index (χ2v) is 2.55. The molecule has 0 N–H and O–H groups in total. The van der Waals surface area contributed by atoms with Crippen molar-refractivity contribution in [2.45, 2.75) is 6.29 Å². The Kier molecular flexibility index (Phi) is 3.94. The van der Waals surface area contributed by atoms with Gasteiger partial charge in [0.15, 0.2) is 0 Å². The molecule has 1 rings (SSSR count). The van der Waals surface area contributed by atoms with E-state index in [-0.39, 0.29) is 0 Å². The van der Waals surface area contributed by atoms with Crippen LogP contribution in [0.3, 0.4) is 0 Å². The minimum absolute atomic E-state index is 0.680. The molecule has 1 atom stereocenters. The summed E-state index contributed by atoms with van der Waals surface area (Å²) in [5.41, 5.74) is 0.704. The summed E-state index contributed by atoms with van der Waals surface area (Å²) in [6, 6.07) is 7.08. The molecule has 0 saturated heterocycles. The van der Waals surface area contributed by atoms with Crippen LogP contribution in [0.2, 0.25) is 0 Å². The summed E-state index contributed by atoms with van der Waals surface area (Å²) in [5.74, 6) is 0.680. The lowest BCUT2D eigenvalue weighted by Crippen LogP contribution is -2.05. The van der Waals surface area contributed by atoms with Gasteiger partial charge in [0, 0.05) is 12.7 Å². The van der Waals surface area contributed by atoms with Crippen LogP contribution in [0.4, 0.5) is 0 Å². The molecule has 0 bridgehead atoms. The monoisotopic (exact) mass is 195 g/mol. The summed E-state index contributed by atoms with van der Waals surface area (Å²) in [7, 11) is 3.01. The molecular formula is C10H11O4. The van der Waals surface area contributed by atoms with Crippen molar-refractivity contribution in [3.05, 3.63) is 29.8 Å². The molecule has 0 aromatic heterocycles. The minimum atomic E-state index is -0.734. The molecule has 0 aliphatic heterocycles. The lowest BCUT2D eigenvalue weighted by atomic mass is 10.2. The molecule has 0 aliphatic carbocycles. The summed E-state index contributed by atoms with van der Waals surface area (Å²) in [6.07, 6.45) is -0.734. The number of hydrogen-bond donors (Lipinski definition) is 0. The van der Waals surface area contributed by atoms with Crippen LogP contribution < -0.4 is 4.74 Å². The highest BCUT2D eigenvalue weighted by molar-refractivity contribution is 5.40. The number of ether oxygens (including phenoxy) is 3. The van der Waals surface area contributed by atoms with Crippen LogP contribution in [0.1, 0.15) is 11.9 Å². The topological polar surface area (TPSA) is 44.8 Å². The highest BCUT2D eigenvalue weighted by Crippen LogP contribution is 2.21. The van der Waals surface area contributed by atoms with Gasteiger partial charge in [0.2, 0.25) is 6.29 Å². The van der Waals surface area contributed by atoms with Crippen LogP contribution in [-0.2, 0) is 14.3 Å². The first-order valence-corrected chi connectivity index (χ1v) is 4.01. The zero-order valence-corrected chi connectivity index (χ0v) is 8.02. The fourth-order valence-corrected chi connectivity index (χ4v) is 1.08. The Bertz CT molecular complexity index is 298. The normalized spacial score (nSPS) is 11.9. The van der Waals surface area contributed by atoms with E-state index in [2.05, 4.69) is 4.74 Å². The molecule has 0 aliphatic rings. The second kappa shape index (κ2) is 5.24. The van der Waals surface area contributed by atoms with Crippen molar-refractivity contribution in [3.63, 3.8) is 0 Å². The van der Waals surface area contributed by atoms with E-state index in [4.69, 9.17) is 9.47 Å². The van der Waals surface area contributed by atoms with Crippen molar-refractivity contribution in [2.24, 2.45) is 0 Å². The third-order valence-corrected chi connectivity index (χ3v) is 1.74. The number of rotatable bonds is 5. The third kappa shape index (κ3) is 2.47. The van der Waals surface area contributed by atoms with Crippen molar-refractivity contribution < 1.29 is 19.0 Å². The average Bonchev–Trinajstić information content (AvgIpc) is 2.26. The maximum Gasteiger partial charge on any atom is 0.420 e. The number of benzene rings is 1. The van der Waals surface area contributed by atoms with Gasteiger partial charge < -0.3 is 14.2 Å². The van der Waals surface area contributed by atoms with E-state index >= 15 is 0 Å². The Balaban J connectivity index is 2.85. The first-order valence-electron chi connectivity index (χ1n) is 4.01. The molecule has 1 aromatic rings. The van der Waals surface area contributed by atoms with Crippen LogP contribution in [0, 0.1) is 0 Å². The van der Waals surface area contributed by atoms with Crippen LogP contribution in [0.25, 0.3) is 0 Å². The second-order valence-electron chi connectivity index (χ2n) is 2.55. The first kappa shape index (κ1) is 10.5. The van der Waals surface area contributed by atoms with Crippen molar-refractivity contribution in [1.82, 2.24) is 0 Å². The van der Waals surface area contributed by atoms with Gasteiger partial charge in [-0.3, -0.25) is 0 Å². The SMILES string of the molecule is COc1cccc(C(OC)O[C]=O)c1. The molecule has 0 spiro atoms. The maximum atomic E-state index is 10.0. The molecule has 75 valence electrons. The summed E-state index contributed by atoms with van der Waals surface area (Å²) < 4.78 is 14.5. The van der Waals surface area contributed by atoms with Gasteiger partial charge >= 0.3 is 6.47 Å². The van der Waals surface area contributed by atoms with Gasteiger partial charge in [0.05, 0.1) is 7.11 Å². The van der Waals surface area contributed by atoms with E-state index in [0.717, 1.165) is 0 Å². The van der Waals surface area contributed by atoms with Crippen molar-refractivity contribution in [2.75, 3.05) is 14.2 Å². The summed E-state index contributed by atoms with van der Waals surface area (Å²) >= 11 is 0. The predicted octanol–water partition coefficient (Wildman–Crippen LogP) is 1.42. The molecule has 4 nitrogen and oxygen atoms in total. The van der Waals surface area contributed by atoms with E-state index in [1.54, 1.807) is 31.4 Å². The van der Waals surface area contributed by atoms with Gasteiger partial charge in [-0.25, -0.2) is 4.79 Å². The summed E-state index contributed by atoms with van der Waals surface area (Å²) in [5, 5.41) is 0.